The highest BCUT2D eigenvalue weighted by atomic mass is 16.3. The minimum Gasteiger partial charge on any atom is -0.460 e. The number of fused-ring (bicyclic) bond motifs is 1. The van der Waals surface area contributed by atoms with Gasteiger partial charge in [-0.05, 0) is 48.9 Å². The summed E-state index contributed by atoms with van der Waals surface area (Å²) < 4.78 is 5.77. The van der Waals surface area contributed by atoms with Gasteiger partial charge in [-0.15, -0.1) is 0 Å². The minimum absolute atomic E-state index is 0.0479. The Bertz CT molecular complexity index is 1210. The molecular formula is C25H24N4O2. The molecule has 0 atom stereocenters. The molecule has 6 heteroatoms. The molecule has 5 rings (SSSR count). The van der Waals surface area contributed by atoms with Crippen molar-refractivity contribution in [2.24, 2.45) is 0 Å². The molecule has 0 bridgehead atoms. The third kappa shape index (κ3) is 4.07. The standard InChI is InChI=1S/C25H24N4O2/c1-18-6-7-24(31-18)23-16-21(20-4-2-3-5-22(20)27-23)25(30)29-14-12-28(13-15-29)17-19-8-10-26-11-9-19/h2-11,16H,12-15,17H2,1H3. The number of carbonyl (C=O) groups excluding carboxylic acids is 1. The van der Waals surface area contributed by atoms with Crippen LogP contribution in [0.4, 0.5) is 0 Å². The lowest BCUT2D eigenvalue weighted by Gasteiger charge is -2.35. The molecule has 0 spiro atoms. The molecule has 1 aromatic carbocycles. The van der Waals surface area contributed by atoms with Crippen LogP contribution in [0.15, 0.2) is 71.4 Å². The van der Waals surface area contributed by atoms with E-state index in [0.29, 0.717) is 30.1 Å². The van der Waals surface area contributed by atoms with E-state index in [9.17, 15) is 4.79 Å². The number of furan rings is 1. The number of para-hydroxylation sites is 1. The van der Waals surface area contributed by atoms with E-state index in [1.807, 2.05) is 78.8 Å². The maximum absolute atomic E-state index is 13.5. The van der Waals surface area contributed by atoms with Crippen LogP contribution < -0.4 is 0 Å². The molecule has 0 radical (unpaired) electrons. The molecule has 0 aliphatic carbocycles. The fourth-order valence-corrected chi connectivity index (χ4v) is 4.08. The third-order valence-corrected chi connectivity index (χ3v) is 5.75. The van der Waals surface area contributed by atoms with E-state index >= 15 is 0 Å². The number of nitrogens with zero attached hydrogens (tertiary/aromatic N) is 4. The molecule has 1 fully saturated rings. The summed E-state index contributed by atoms with van der Waals surface area (Å²) in [4.78, 5) is 26.6. The fraction of sp³-hybridized carbons (Fsp3) is 0.240. The lowest BCUT2D eigenvalue weighted by atomic mass is 10.0. The summed E-state index contributed by atoms with van der Waals surface area (Å²) in [5.74, 6) is 1.55. The summed E-state index contributed by atoms with van der Waals surface area (Å²) in [6.45, 7) is 5.89. The summed E-state index contributed by atoms with van der Waals surface area (Å²) >= 11 is 0. The molecule has 4 aromatic rings. The van der Waals surface area contributed by atoms with Gasteiger partial charge < -0.3 is 9.32 Å². The predicted octanol–water partition coefficient (Wildman–Crippen LogP) is 4.16. The van der Waals surface area contributed by atoms with Crippen molar-refractivity contribution in [2.45, 2.75) is 13.5 Å². The number of amides is 1. The van der Waals surface area contributed by atoms with Gasteiger partial charge in [0.25, 0.3) is 5.91 Å². The molecule has 0 saturated carbocycles. The molecule has 0 N–H and O–H groups in total. The Morgan fingerprint density at radius 2 is 1.77 bits per heavy atom. The van der Waals surface area contributed by atoms with Crippen LogP contribution in [-0.4, -0.2) is 51.9 Å². The van der Waals surface area contributed by atoms with Crippen LogP contribution in [0.3, 0.4) is 0 Å². The SMILES string of the molecule is Cc1ccc(-c2cc(C(=O)N3CCN(Cc4ccncc4)CC3)c3ccccc3n2)o1. The molecule has 31 heavy (non-hydrogen) atoms. The van der Waals surface area contributed by atoms with E-state index < -0.39 is 0 Å². The maximum Gasteiger partial charge on any atom is 0.254 e. The van der Waals surface area contributed by atoms with Crippen molar-refractivity contribution < 1.29 is 9.21 Å². The van der Waals surface area contributed by atoms with Crippen molar-refractivity contribution in [3.8, 4) is 11.5 Å². The van der Waals surface area contributed by atoms with Gasteiger partial charge in [0.15, 0.2) is 5.76 Å². The van der Waals surface area contributed by atoms with Crippen LogP contribution in [0.25, 0.3) is 22.4 Å². The van der Waals surface area contributed by atoms with Gasteiger partial charge in [-0.25, -0.2) is 4.98 Å². The smallest absolute Gasteiger partial charge is 0.254 e. The van der Waals surface area contributed by atoms with Crippen LogP contribution in [0.5, 0.6) is 0 Å². The van der Waals surface area contributed by atoms with Gasteiger partial charge >= 0.3 is 0 Å². The topological polar surface area (TPSA) is 62.5 Å². The van der Waals surface area contributed by atoms with Crippen molar-refractivity contribution in [1.29, 1.82) is 0 Å². The fourth-order valence-electron chi connectivity index (χ4n) is 4.08. The van der Waals surface area contributed by atoms with Crippen LogP contribution in [0.1, 0.15) is 21.7 Å². The van der Waals surface area contributed by atoms with E-state index in [4.69, 9.17) is 9.40 Å². The first-order valence-corrected chi connectivity index (χ1v) is 10.5. The van der Waals surface area contributed by atoms with Crippen LogP contribution in [0, 0.1) is 6.92 Å². The van der Waals surface area contributed by atoms with Gasteiger partial charge in [0.05, 0.1) is 11.1 Å². The van der Waals surface area contributed by atoms with Gasteiger partial charge in [0, 0.05) is 50.5 Å². The monoisotopic (exact) mass is 412 g/mol. The molecule has 1 aliphatic rings. The zero-order valence-corrected chi connectivity index (χ0v) is 17.5. The number of hydrogen-bond acceptors (Lipinski definition) is 5. The van der Waals surface area contributed by atoms with Gasteiger partial charge in [-0.1, -0.05) is 18.2 Å². The molecular weight excluding hydrogens is 388 g/mol. The average Bonchev–Trinajstić information content (AvgIpc) is 3.25. The minimum atomic E-state index is 0.0479. The van der Waals surface area contributed by atoms with Crippen molar-refractivity contribution in [1.82, 2.24) is 19.8 Å². The van der Waals surface area contributed by atoms with E-state index in [0.717, 1.165) is 36.3 Å². The van der Waals surface area contributed by atoms with E-state index in [-0.39, 0.29) is 5.91 Å². The number of aryl methyl sites for hydroxylation is 1. The second kappa shape index (κ2) is 8.32. The highest BCUT2D eigenvalue weighted by Crippen LogP contribution is 2.27. The van der Waals surface area contributed by atoms with Crippen LogP contribution in [0.2, 0.25) is 0 Å². The molecule has 0 unspecified atom stereocenters. The highest BCUT2D eigenvalue weighted by Gasteiger charge is 2.24. The van der Waals surface area contributed by atoms with Crippen molar-refractivity contribution in [2.75, 3.05) is 26.2 Å². The Balaban J connectivity index is 1.38. The second-order valence-corrected chi connectivity index (χ2v) is 7.91. The van der Waals surface area contributed by atoms with E-state index in [2.05, 4.69) is 9.88 Å². The quantitative estimate of drug-likeness (QED) is 0.504. The first kappa shape index (κ1) is 19.5. The molecule has 3 aromatic heterocycles. The average molecular weight is 412 g/mol. The summed E-state index contributed by atoms with van der Waals surface area (Å²) in [5.41, 5.74) is 3.41. The Labute approximate surface area is 181 Å². The predicted molar refractivity (Wildman–Crippen MR) is 120 cm³/mol. The molecule has 1 aliphatic heterocycles. The Hall–Kier alpha value is -3.51. The van der Waals surface area contributed by atoms with E-state index in [1.54, 1.807) is 0 Å². The number of pyridine rings is 2. The Morgan fingerprint density at radius 3 is 2.52 bits per heavy atom. The summed E-state index contributed by atoms with van der Waals surface area (Å²) in [6, 6.07) is 17.6. The van der Waals surface area contributed by atoms with Crippen molar-refractivity contribution in [3.05, 3.63) is 83.9 Å². The van der Waals surface area contributed by atoms with Crippen LogP contribution >= 0.6 is 0 Å². The normalized spacial score (nSPS) is 14.8. The van der Waals surface area contributed by atoms with Gasteiger partial charge in [-0.2, -0.15) is 0 Å². The maximum atomic E-state index is 13.5. The van der Waals surface area contributed by atoms with Crippen molar-refractivity contribution in [3.63, 3.8) is 0 Å². The first-order valence-electron chi connectivity index (χ1n) is 10.5. The van der Waals surface area contributed by atoms with E-state index in [1.165, 1.54) is 5.56 Å². The molecule has 4 heterocycles. The summed E-state index contributed by atoms with van der Waals surface area (Å²) in [7, 11) is 0. The summed E-state index contributed by atoms with van der Waals surface area (Å²) in [5, 5.41) is 0.874. The number of carbonyl (C=O) groups is 1. The lowest BCUT2D eigenvalue weighted by molar-refractivity contribution is 0.0630. The molecule has 1 saturated heterocycles. The first-order chi connectivity index (χ1) is 15.2. The molecule has 1 amide bonds. The lowest BCUT2D eigenvalue weighted by Crippen LogP contribution is -2.48. The van der Waals surface area contributed by atoms with Gasteiger partial charge in [0.1, 0.15) is 11.5 Å². The van der Waals surface area contributed by atoms with Gasteiger partial charge in [-0.3, -0.25) is 14.7 Å². The molecule has 156 valence electrons. The number of hydrogen-bond donors (Lipinski definition) is 0. The zero-order chi connectivity index (χ0) is 21.2. The number of piperazine rings is 1. The molecule has 6 nitrogen and oxygen atoms in total. The largest absolute Gasteiger partial charge is 0.460 e. The highest BCUT2D eigenvalue weighted by molar-refractivity contribution is 6.07. The number of benzene rings is 1. The van der Waals surface area contributed by atoms with Crippen LogP contribution in [-0.2, 0) is 6.54 Å². The Kier molecular flexibility index (Phi) is 5.22. The van der Waals surface area contributed by atoms with Gasteiger partial charge in [0.2, 0.25) is 0 Å². The number of rotatable bonds is 4. The Morgan fingerprint density at radius 1 is 1.00 bits per heavy atom. The van der Waals surface area contributed by atoms with Crippen molar-refractivity contribution >= 4 is 16.8 Å². The zero-order valence-electron chi connectivity index (χ0n) is 17.5. The third-order valence-electron chi connectivity index (χ3n) is 5.75. The summed E-state index contributed by atoms with van der Waals surface area (Å²) in [6.07, 6.45) is 3.64. The number of aromatic nitrogens is 2. The second-order valence-electron chi connectivity index (χ2n) is 7.91.